The average molecular weight is 224 g/mol. The first kappa shape index (κ1) is 10.8. The molecule has 1 aliphatic rings. The van der Waals surface area contributed by atoms with Crippen LogP contribution in [0.3, 0.4) is 0 Å². The Labute approximate surface area is 96.8 Å². The topological polar surface area (TPSA) is 12.0 Å². The maximum absolute atomic E-state index is 6.03. The average Bonchev–Trinajstić information content (AvgIpc) is 2.16. The summed E-state index contributed by atoms with van der Waals surface area (Å²) >= 11 is 6.03. The van der Waals surface area contributed by atoms with E-state index in [1.165, 1.54) is 11.3 Å². The molecule has 0 bridgehead atoms. The summed E-state index contributed by atoms with van der Waals surface area (Å²) in [5.41, 5.74) is 2.73. The van der Waals surface area contributed by atoms with E-state index in [-0.39, 0.29) is 5.54 Å². The Morgan fingerprint density at radius 2 is 1.93 bits per heavy atom. The predicted molar refractivity (Wildman–Crippen MR) is 66.7 cm³/mol. The normalized spacial score (nSPS) is 28.1. The third-order valence-electron chi connectivity index (χ3n) is 3.85. The van der Waals surface area contributed by atoms with E-state index in [0.717, 1.165) is 5.02 Å². The van der Waals surface area contributed by atoms with Gasteiger partial charge in [0.05, 0.1) is 0 Å². The number of benzene rings is 1. The second kappa shape index (κ2) is 3.41. The van der Waals surface area contributed by atoms with Gasteiger partial charge in [-0.05, 0) is 49.4 Å². The molecule has 1 N–H and O–H groups in total. The molecule has 82 valence electrons. The van der Waals surface area contributed by atoms with Crippen LogP contribution in [0, 0.1) is 5.92 Å². The largest absolute Gasteiger partial charge is 0.380 e. The Morgan fingerprint density at radius 1 is 1.27 bits per heavy atom. The van der Waals surface area contributed by atoms with Crippen molar-refractivity contribution >= 4 is 17.3 Å². The minimum absolute atomic E-state index is 0.153. The van der Waals surface area contributed by atoms with E-state index in [0.29, 0.717) is 11.8 Å². The Morgan fingerprint density at radius 3 is 2.60 bits per heavy atom. The van der Waals surface area contributed by atoms with E-state index in [1.54, 1.807) is 0 Å². The lowest BCUT2D eigenvalue weighted by Gasteiger charge is -2.43. The van der Waals surface area contributed by atoms with Crippen LogP contribution in [-0.4, -0.2) is 5.54 Å². The van der Waals surface area contributed by atoms with Gasteiger partial charge in [-0.1, -0.05) is 25.4 Å². The standard InChI is InChI=1S/C13H18ClN/c1-8-9(2)13(3,4)15-12-6-5-10(14)7-11(8)12/h5-9,15H,1-4H3. The first-order valence-corrected chi connectivity index (χ1v) is 5.87. The van der Waals surface area contributed by atoms with E-state index < -0.39 is 0 Å². The van der Waals surface area contributed by atoms with Gasteiger partial charge in [-0.15, -0.1) is 0 Å². The van der Waals surface area contributed by atoms with Crippen molar-refractivity contribution in [3.63, 3.8) is 0 Å². The lowest BCUT2D eigenvalue weighted by atomic mass is 9.73. The monoisotopic (exact) mass is 223 g/mol. The van der Waals surface area contributed by atoms with Crippen molar-refractivity contribution < 1.29 is 0 Å². The SMILES string of the molecule is CC1c2cc(Cl)ccc2NC(C)(C)C1C. The maximum atomic E-state index is 6.03. The van der Waals surface area contributed by atoms with Crippen molar-refractivity contribution in [3.8, 4) is 0 Å². The molecule has 1 aromatic rings. The smallest absolute Gasteiger partial charge is 0.0410 e. The summed E-state index contributed by atoms with van der Waals surface area (Å²) in [6.45, 7) is 9.08. The number of hydrogen-bond acceptors (Lipinski definition) is 1. The van der Waals surface area contributed by atoms with Crippen molar-refractivity contribution in [1.82, 2.24) is 0 Å². The number of hydrogen-bond donors (Lipinski definition) is 1. The lowest BCUT2D eigenvalue weighted by molar-refractivity contribution is 0.316. The van der Waals surface area contributed by atoms with Crippen LogP contribution in [0.15, 0.2) is 18.2 Å². The quantitative estimate of drug-likeness (QED) is 0.692. The molecular formula is C13H18ClN. The van der Waals surface area contributed by atoms with Crippen LogP contribution in [0.4, 0.5) is 5.69 Å². The predicted octanol–water partition coefficient (Wildman–Crippen LogP) is 4.28. The van der Waals surface area contributed by atoms with Crippen LogP contribution in [-0.2, 0) is 0 Å². The number of fused-ring (bicyclic) bond motifs is 1. The highest BCUT2D eigenvalue weighted by atomic mass is 35.5. The van der Waals surface area contributed by atoms with E-state index in [2.05, 4.69) is 45.1 Å². The molecule has 2 heteroatoms. The van der Waals surface area contributed by atoms with Crippen LogP contribution in [0.25, 0.3) is 0 Å². The summed E-state index contributed by atoms with van der Waals surface area (Å²) in [6.07, 6.45) is 0. The molecule has 0 spiro atoms. The van der Waals surface area contributed by atoms with E-state index in [4.69, 9.17) is 11.6 Å². The number of rotatable bonds is 0. The molecule has 1 heterocycles. The highest BCUT2D eigenvalue weighted by molar-refractivity contribution is 6.30. The molecule has 2 unspecified atom stereocenters. The summed E-state index contributed by atoms with van der Waals surface area (Å²) in [5.74, 6) is 1.15. The molecule has 15 heavy (non-hydrogen) atoms. The highest BCUT2D eigenvalue weighted by Crippen LogP contribution is 2.43. The van der Waals surface area contributed by atoms with Gasteiger partial charge in [0.25, 0.3) is 0 Å². The molecule has 2 rings (SSSR count). The number of halogens is 1. The van der Waals surface area contributed by atoms with Gasteiger partial charge >= 0.3 is 0 Å². The van der Waals surface area contributed by atoms with Crippen molar-refractivity contribution in [1.29, 1.82) is 0 Å². The third-order valence-corrected chi connectivity index (χ3v) is 4.08. The van der Waals surface area contributed by atoms with Crippen LogP contribution in [0.2, 0.25) is 5.02 Å². The highest BCUT2D eigenvalue weighted by Gasteiger charge is 2.36. The zero-order chi connectivity index (χ0) is 11.2. The summed E-state index contributed by atoms with van der Waals surface area (Å²) in [5, 5.41) is 4.41. The summed E-state index contributed by atoms with van der Waals surface area (Å²) in [7, 11) is 0. The van der Waals surface area contributed by atoms with Crippen LogP contribution >= 0.6 is 11.6 Å². The summed E-state index contributed by atoms with van der Waals surface area (Å²) in [4.78, 5) is 0. The third kappa shape index (κ3) is 1.74. The van der Waals surface area contributed by atoms with Gasteiger partial charge in [0.15, 0.2) is 0 Å². The molecule has 0 amide bonds. The fourth-order valence-corrected chi connectivity index (χ4v) is 2.56. The zero-order valence-corrected chi connectivity index (χ0v) is 10.5. The molecule has 1 nitrogen and oxygen atoms in total. The van der Waals surface area contributed by atoms with Crippen molar-refractivity contribution in [2.75, 3.05) is 5.32 Å². The fraction of sp³-hybridized carbons (Fsp3) is 0.538. The first-order chi connectivity index (χ1) is 6.92. The second-order valence-electron chi connectivity index (χ2n) is 5.16. The minimum atomic E-state index is 0.153. The zero-order valence-electron chi connectivity index (χ0n) is 9.76. The van der Waals surface area contributed by atoms with Gasteiger partial charge in [0.1, 0.15) is 0 Å². The maximum Gasteiger partial charge on any atom is 0.0410 e. The molecule has 0 saturated carbocycles. The molecule has 1 aliphatic heterocycles. The van der Waals surface area contributed by atoms with E-state index >= 15 is 0 Å². The Balaban J connectivity index is 2.50. The van der Waals surface area contributed by atoms with Crippen molar-refractivity contribution in [2.45, 2.75) is 39.2 Å². The van der Waals surface area contributed by atoms with Gasteiger partial charge < -0.3 is 5.32 Å². The lowest BCUT2D eigenvalue weighted by Crippen LogP contribution is -2.44. The Kier molecular flexibility index (Phi) is 2.46. The van der Waals surface area contributed by atoms with Gasteiger partial charge in [0.2, 0.25) is 0 Å². The minimum Gasteiger partial charge on any atom is -0.380 e. The first-order valence-electron chi connectivity index (χ1n) is 5.49. The molecule has 0 aliphatic carbocycles. The number of nitrogens with one attached hydrogen (secondary N) is 1. The molecule has 0 aromatic heterocycles. The Hall–Kier alpha value is -0.690. The summed E-state index contributed by atoms with van der Waals surface area (Å²) in [6, 6.07) is 6.12. The van der Waals surface area contributed by atoms with Crippen molar-refractivity contribution in [3.05, 3.63) is 28.8 Å². The fourth-order valence-electron chi connectivity index (χ4n) is 2.38. The molecule has 0 saturated heterocycles. The van der Waals surface area contributed by atoms with Gasteiger partial charge in [-0.3, -0.25) is 0 Å². The van der Waals surface area contributed by atoms with Crippen molar-refractivity contribution in [2.24, 2.45) is 5.92 Å². The molecule has 0 fully saturated rings. The van der Waals surface area contributed by atoms with Gasteiger partial charge in [-0.25, -0.2) is 0 Å². The van der Waals surface area contributed by atoms with E-state index in [9.17, 15) is 0 Å². The van der Waals surface area contributed by atoms with Crippen LogP contribution in [0.5, 0.6) is 0 Å². The molecule has 0 radical (unpaired) electrons. The molecule has 2 atom stereocenters. The number of anilines is 1. The summed E-state index contributed by atoms with van der Waals surface area (Å²) < 4.78 is 0. The van der Waals surface area contributed by atoms with Gasteiger partial charge in [0, 0.05) is 16.2 Å². The van der Waals surface area contributed by atoms with E-state index in [1.807, 2.05) is 6.07 Å². The van der Waals surface area contributed by atoms with Crippen LogP contribution < -0.4 is 5.32 Å². The van der Waals surface area contributed by atoms with Gasteiger partial charge in [-0.2, -0.15) is 0 Å². The molecular weight excluding hydrogens is 206 g/mol. The second-order valence-corrected chi connectivity index (χ2v) is 5.59. The Bertz CT molecular complexity index is 384. The van der Waals surface area contributed by atoms with Crippen LogP contribution in [0.1, 0.15) is 39.2 Å². The molecule has 1 aromatic carbocycles.